The Hall–Kier alpha value is -3.20. The summed E-state index contributed by atoms with van der Waals surface area (Å²) in [5, 5.41) is 10.9. The number of hydrogen-bond donors (Lipinski definition) is 1. The Morgan fingerprint density at radius 3 is 2.51 bits per heavy atom. The van der Waals surface area contributed by atoms with Crippen molar-refractivity contribution in [2.24, 2.45) is 0 Å². The molecule has 0 atom stereocenters. The van der Waals surface area contributed by atoms with Crippen molar-refractivity contribution in [2.45, 2.75) is 38.0 Å². The van der Waals surface area contributed by atoms with E-state index in [-0.39, 0.29) is 23.6 Å². The van der Waals surface area contributed by atoms with E-state index in [1.165, 1.54) is 11.3 Å². The highest BCUT2D eigenvalue weighted by molar-refractivity contribution is 7.16. The van der Waals surface area contributed by atoms with Crippen molar-refractivity contribution >= 4 is 62.2 Å². The van der Waals surface area contributed by atoms with E-state index in [2.05, 4.69) is 10.4 Å². The van der Waals surface area contributed by atoms with Crippen molar-refractivity contribution in [1.29, 1.82) is 0 Å². The fourth-order valence-electron chi connectivity index (χ4n) is 4.89. The van der Waals surface area contributed by atoms with Gasteiger partial charge in [-0.05, 0) is 55.7 Å². The maximum Gasteiger partial charge on any atom is 0.359 e. The number of fused-ring (bicyclic) bond motifs is 1. The Morgan fingerprint density at radius 2 is 1.84 bits per heavy atom. The van der Waals surface area contributed by atoms with E-state index in [4.69, 9.17) is 27.9 Å². The number of amides is 1. The number of aromatic nitrogens is 2. The van der Waals surface area contributed by atoms with Gasteiger partial charge in [-0.15, -0.1) is 11.3 Å². The van der Waals surface area contributed by atoms with E-state index in [1.807, 2.05) is 12.1 Å². The highest BCUT2D eigenvalue weighted by atomic mass is 35.5. The van der Waals surface area contributed by atoms with Gasteiger partial charge in [-0.25, -0.2) is 4.79 Å². The number of nitrogens with zero attached hydrogens (tertiary/aromatic N) is 2. The normalized spacial score (nSPS) is 14.6. The minimum atomic E-state index is -0.732. The van der Waals surface area contributed by atoms with E-state index in [1.54, 1.807) is 48.7 Å². The molecular weight excluding hydrogens is 533 g/mol. The van der Waals surface area contributed by atoms with Crippen LogP contribution in [0.1, 0.15) is 48.7 Å². The summed E-state index contributed by atoms with van der Waals surface area (Å²) in [4.78, 5) is 40.3. The van der Waals surface area contributed by atoms with Crippen molar-refractivity contribution in [1.82, 2.24) is 9.78 Å². The fourth-order valence-corrected chi connectivity index (χ4v) is 6.13. The highest BCUT2D eigenvalue weighted by Gasteiger charge is 2.43. The quantitative estimate of drug-likeness (QED) is 0.279. The SMILES string of the molecule is CCOC(=O)c1nn(-c2cccc(Cl)c2)c(=O)c2c(NC(=O)C3(c4ccc(Cl)cc4)CCCC3)scc12. The van der Waals surface area contributed by atoms with Crippen molar-refractivity contribution in [3.8, 4) is 5.69 Å². The van der Waals surface area contributed by atoms with Crippen LogP contribution < -0.4 is 10.9 Å². The van der Waals surface area contributed by atoms with Gasteiger partial charge in [0.15, 0.2) is 5.69 Å². The van der Waals surface area contributed by atoms with Crippen LogP contribution in [-0.2, 0) is 14.9 Å². The molecule has 0 radical (unpaired) electrons. The molecule has 37 heavy (non-hydrogen) atoms. The first-order valence-electron chi connectivity index (χ1n) is 11.9. The molecule has 10 heteroatoms. The average molecular weight is 556 g/mol. The molecule has 2 aromatic heterocycles. The molecule has 1 N–H and O–H groups in total. The first-order valence-corrected chi connectivity index (χ1v) is 13.5. The molecule has 2 heterocycles. The van der Waals surface area contributed by atoms with Crippen LogP contribution in [0.15, 0.2) is 58.7 Å². The second-order valence-electron chi connectivity index (χ2n) is 8.87. The van der Waals surface area contributed by atoms with Crippen LogP contribution in [-0.4, -0.2) is 28.3 Å². The van der Waals surface area contributed by atoms with Crippen LogP contribution >= 0.6 is 34.5 Å². The molecule has 5 rings (SSSR count). The number of benzene rings is 2. The molecule has 0 bridgehead atoms. The summed E-state index contributed by atoms with van der Waals surface area (Å²) >= 11 is 13.4. The zero-order valence-electron chi connectivity index (χ0n) is 19.9. The molecule has 190 valence electrons. The first kappa shape index (κ1) is 25.4. The number of thiophene rings is 1. The summed E-state index contributed by atoms with van der Waals surface area (Å²) in [5.74, 6) is -0.855. The summed E-state index contributed by atoms with van der Waals surface area (Å²) in [6, 6.07) is 13.9. The maximum absolute atomic E-state index is 13.8. The zero-order valence-corrected chi connectivity index (χ0v) is 22.3. The number of ether oxygens (including phenoxy) is 1. The average Bonchev–Trinajstić information content (AvgIpc) is 3.54. The lowest BCUT2D eigenvalue weighted by molar-refractivity contribution is -0.121. The number of anilines is 1. The number of hydrogen-bond acceptors (Lipinski definition) is 6. The predicted octanol–water partition coefficient (Wildman–Crippen LogP) is 6.38. The summed E-state index contributed by atoms with van der Waals surface area (Å²) in [7, 11) is 0. The number of carbonyl (C=O) groups is 2. The Morgan fingerprint density at radius 1 is 1.11 bits per heavy atom. The largest absolute Gasteiger partial charge is 0.461 e. The van der Waals surface area contributed by atoms with E-state index >= 15 is 0 Å². The lowest BCUT2D eigenvalue weighted by Gasteiger charge is -2.28. The molecule has 1 amide bonds. The van der Waals surface area contributed by atoms with E-state index < -0.39 is 16.9 Å². The predicted molar refractivity (Wildman–Crippen MR) is 146 cm³/mol. The smallest absolute Gasteiger partial charge is 0.359 e. The highest BCUT2D eigenvalue weighted by Crippen LogP contribution is 2.43. The zero-order chi connectivity index (χ0) is 26.2. The third kappa shape index (κ3) is 4.65. The minimum absolute atomic E-state index is 0.0125. The molecule has 0 aliphatic heterocycles. The molecule has 2 aromatic carbocycles. The van der Waals surface area contributed by atoms with Gasteiger partial charge in [0, 0.05) is 20.8 Å². The molecular formula is C27H23Cl2N3O4S. The van der Waals surface area contributed by atoms with Crippen LogP contribution in [0.4, 0.5) is 5.00 Å². The van der Waals surface area contributed by atoms with Gasteiger partial charge in [-0.1, -0.05) is 54.2 Å². The molecule has 0 unspecified atom stereocenters. The van der Waals surface area contributed by atoms with Crippen LogP contribution in [0.2, 0.25) is 10.0 Å². The van der Waals surface area contributed by atoms with Gasteiger partial charge >= 0.3 is 5.97 Å². The summed E-state index contributed by atoms with van der Waals surface area (Å²) in [6.07, 6.45) is 3.21. The van der Waals surface area contributed by atoms with E-state index in [0.29, 0.717) is 39.0 Å². The van der Waals surface area contributed by atoms with Crippen molar-refractivity contribution in [3.63, 3.8) is 0 Å². The number of carbonyl (C=O) groups excluding carboxylic acids is 2. The molecule has 1 aliphatic rings. The van der Waals surface area contributed by atoms with Crippen LogP contribution in [0.25, 0.3) is 16.5 Å². The third-order valence-corrected chi connectivity index (χ3v) is 8.07. The van der Waals surface area contributed by atoms with Crippen LogP contribution in [0.3, 0.4) is 0 Å². The Kier molecular flexibility index (Phi) is 7.07. The summed E-state index contributed by atoms with van der Waals surface area (Å²) in [5.41, 5.74) is 0.0549. The fraction of sp³-hybridized carbons (Fsp3) is 0.259. The lowest BCUT2D eigenvalue weighted by Crippen LogP contribution is -2.38. The molecule has 7 nitrogen and oxygen atoms in total. The summed E-state index contributed by atoms with van der Waals surface area (Å²) < 4.78 is 6.33. The van der Waals surface area contributed by atoms with E-state index in [0.717, 1.165) is 23.1 Å². The van der Waals surface area contributed by atoms with Gasteiger partial charge in [-0.2, -0.15) is 9.78 Å². The number of rotatable bonds is 6. The van der Waals surface area contributed by atoms with Crippen LogP contribution in [0.5, 0.6) is 0 Å². The van der Waals surface area contributed by atoms with Gasteiger partial charge in [0.1, 0.15) is 5.00 Å². The standard InChI is InChI=1S/C27H23Cl2N3O4S/c1-2-36-25(34)22-20-15-37-23(21(20)24(33)32(31-22)19-7-5-6-18(29)14-19)30-26(35)27(12-3-4-13-27)16-8-10-17(28)11-9-16/h5-11,14-15H,2-4,12-13H2,1H3,(H,30,35). The van der Waals surface area contributed by atoms with E-state index in [9.17, 15) is 14.4 Å². The Balaban J connectivity index is 1.64. The van der Waals surface area contributed by atoms with Gasteiger partial charge in [0.05, 0.1) is 23.1 Å². The topological polar surface area (TPSA) is 90.3 Å². The number of halogens is 2. The van der Waals surface area contributed by atoms with Gasteiger partial charge in [0.2, 0.25) is 5.91 Å². The second kappa shape index (κ2) is 10.3. The third-order valence-electron chi connectivity index (χ3n) is 6.69. The molecule has 1 saturated carbocycles. The van der Waals surface area contributed by atoms with Crippen molar-refractivity contribution in [3.05, 3.63) is 85.6 Å². The Labute approximate surface area is 227 Å². The van der Waals surface area contributed by atoms with Gasteiger partial charge in [-0.3, -0.25) is 9.59 Å². The molecule has 1 aliphatic carbocycles. The Bertz CT molecular complexity index is 1560. The van der Waals surface area contributed by atoms with Gasteiger partial charge < -0.3 is 10.1 Å². The minimum Gasteiger partial charge on any atom is -0.461 e. The van der Waals surface area contributed by atoms with Gasteiger partial charge in [0.25, 0.3) is 5.56 Å². The summed E-state index contributed by atoms with van der Waals surface area (Å²) in [6.45, 7) is 1.84. The van der Waals surface area contributed by atoms with Crippen LogP contribution in [0, 0.1) is 0 Å². The lowest BCUT2D eigenvalue weighted by atomic mass is 9.78. The maximum atomic E-state index is 13.8. The van der Waals surface area contributed by atoms with Crippen molar-refractivity contribution in [2.75, 3.05) is 11.9 Å². The number of nitrogens with one attached hydrogen (secondary N) is 1. The molecule has 0 saturated heterocycles. The molecule has 0 spiro atoms. The molecule has 4 aromatic rings. The molecule has 1 fully saturated rings. The second-order valence-corrected chi connectivity index (χ2v) is 10.6. The first-order chi connectivity index (χ1) is 17.8. The number of esters is 1. The van der Waals surface area contributed by atoms with Crippen molar-refractivity contribution < 1.29 is 14.3 Å². The monoisotopic (exact) mass is 555 g/mol.